The molecule has 194 valence electrons. The Labute approximate surface area is 227 Å². The average Bonchev–Trinajstić information content (AvgIpc) is 2.92. The minimum atomic E-state index is -4.03. The Bertz CT molecular complexity index is 1510. The molecule has 1 amide bonds. The minimum Gasteiger partial charge on any atom is -0.489 e. The molecule has 0 fully saturated rings. The van der Waals surface area contributed by atoms with Gasteiger partial charge in [-0.1, -0.05) is 65.7 Å². The average molecular weight is 548 g/mol. The van der Waals surface area contributed by atoms with E-state index in [9.17, 15) is 13.2 Å². The van der Waals surface area contributed by atoms with Gasteiger partial charge in [-0.15, -0.1) is 0 Å². The summed E-state index contributed by atoms with van der Waals surface area (Å²) < 4.78 is 33.4. The van der Waals surface area contributed by atoms with Gasteiger partial charge in [0.25, 0.3) is 15.9 Å². The van der Waals surface area contributed by atoms with Gasteiger partial charge in [-0.3, -0.25) is 9.10 Å². The van der Waals surface area contributed by atoms with Crippen LogP contribution in [0.5, 0.6) is 5.75 Å². The highest BCUT2D eigenvalue weighted by Crippen LogP contribution is 2.26. The van der Waals surface area contributed by atoms with E-state index in [2.05, 4.69) is 10.5 Å². The Kier molecular flexibility index (Phi) is 8.78. The third-order valence-corrected chi connectivity index (χ3v) is 7.55. The number of amides is 1. The summed E-state index contributed by atoms with van der Waals surface area (Å²) in [5.74, 6) is 0.0915. The van der Waals surface area contributed by atoms with Crippen molar-refractivity contribution in [3.05, 3.63) is 125 Å². The molecule has 0 atom stereocenters. The van der Waals surface area contributed by atoms with Crippen LogP contribution in [0.15, 0.2) is 113 Å². The van der Waals surface area contributed by atoms with E-state index in [-0.39, 0.29) is 10.6 Å². The van der Waals surface area contributed by atoms with Gasteiger partial charge in [-0.25, -0.2) is 13.8 Å². The van der Waals surface area contributed by atoms with Crippen LogP contribution in [0.2, 0.25) is 5.02 Å². The summed E-state index contributed by atoms with van der Waals surface area (Å²) in [6, 6.07) is 29.6. The number of hydrogen-bond acceptors (Lipinski definition) is 5. The van der Waals surface area contributed by atoms with Crippen LogP contribution >= 0.6 is 11.6 Å². The highest BCUT2D eigenvalue weighted by Gasteiger charge is 2.27. The molecule has 9 heteroatoms. The van der Waals surface area contributed by atoms with Crippen LogP contribution in [0, 0.1) is 6.92 Å². The SMILES string of the molecule is Cc1ccc(COc2ccc(/C=N\NC(=O)CN(c3cccc(Cl)c3)S(=O)(=O)c3ccccc3)cc2)cc1. The second-order valence-corrected chi connectivity index (χ2v) is 10.7. The van der Waals surface area contributed by atoms with Gasteiger partial charge in [-0.05, 0) is 72.6 Å². The van der Waals surface area contributed by atoms with Crippen LogP contribution < -0.4 is 14.5 Å². The van der Waals surface area contributed by atoms with E-state index in [1.165, 1.54) is 30.0 Å². The monoisotopic (exact) mass is 547 g/mol. The van der Waals surface area contributed by atoms with E-state index in [1.54, 1.807) is 48.5 Å². The number of hydrazone groups is 1. The number of carbonyl (C=O) groups excluding carboxylic acids is 1. The van der Waals surface area contributed by atoms with Crippen molar-refractivity contribution in [2.24, 2.45) is 5.10 Å². The molecule has 38 heavy (non-hydrogen) atoms. The zero-order chi connectivity index (χ0) is 27.0. The smallest absolute Gasteiger partial charge is 0.264 e. The van der Waals surface area contributed by atoms with Crippen molar-refractivity contribution in [2.45, 2.75) is 18.4 Å². The first-order valence-electron chi connectivity index (χ1n) is 11.7. The third-order valence-electron chi connectivity index (χ3n) is 5.52. The molecule has 0 aromatic heterocycles. The Balaban J connectivity index is 1.39. The Morgan fingerprint density at radius 3 is 2.34 bits per heavy atom. The van der Waals surface area contributed by atoms with Crippen LogP contribution in [-0.4, -0.2) is 27.1 Å². The zero-order valence-corrected chi connectivity index (χ0v) is 22.2. The summed E-state index contributed by atoms with van der Waals surface area (Å²) in [6.45, 7) is 2.01. The Morgan fingerprint density at radius 1 is 0.947 bits per heavy atom. The van der Waals surface area contributed by atoms with E-state index in [1.807, 2.05) is 43.3 Å². The number of benzene rings is 4. The lowest BCUT2D eigenvalue weighted by Crippen LogP contribution is -2.39. The summed E-state index contributed by atoms with van der Waals surface area (Å²) >= 11 is 6.09. The lowest BCUT2D eigenvalue weighted by Gasteiger charge is -2.23. The molecule has 0 saturated heterocycles. The first kappa shape index (κ1) is 26.9. The number of aryl methyl sites for hydroxylation is 1. The molecule has 0 heterocycles. The summed E-state index contributed by atoms with van der Waals surface area (Å²) in [4.78, 5) is 12.7. The maximum absolute atomic E-state index is 13.3. The van der Waals surface area contributed by atoms with E-state index >= 15 is 0 Å². The fourth-order valence-corrected chi connectivity index (χ4v) is 5.13. The topological polar surface area (TPSA) is 88.1 Å². The molecule has 0 radical (unpaired) electrons. The molecule has 1 N–H and O–H groups in total. The number of halogens is 1. The van der Waals surface area contributed by atoms with Crippen molar-refractivity contribution >= 4 is 39.4 Å². The lowest BCUT2D eigenvalue weighted by molar-refractivity contribution is -0.119. The lowest BCUT2D eigenvalue weighted by atomic mass is 10.2. The molecular formula is C29H26ClN3O4S. The molecule has 0 spiro atoms. The fourth-order valence-electron chi connectivity index (χ4n) is 3.51. The van der Waals surface area contributed by atoms with Crippen molar-refractivity contribution < 1.29 is 17.9 Å². The summed E-state index contributed by atoms with van der Waals surface area (Å²) in [6.07, 6.45) is 1.47. The number of nitrogens with one attached hydrogen (secondary N) is 1. The quantitative estimate of drug-likeness (QED) is 0.207. The van der Waals surface area contributed by atoms with E-state index in [0.29, 0.717) is 17.4 Å². The Hall–Kier alpha value is -4.14. The molecule has 0 unspecified atom stereocenters. The summed E-state index contributed by atoms with van der Waals surface area (Å²) in [5.41, 5.74) is 5.66. The highest BCUT2D eigenvalue weighted by molar-refractivity contribution is 7.92. The predicted octanol–water partition coefficient (Wildman–Crippen LogP) is 5.57. The van der Waals surface area contributed by atoms with Gasteiger partial charge in [0, 0.05) is 5.02 Å². The molecule has 0 saturated carbocycles. The van der Waals surface area contributed by atoms with Crippen LogP contribution in [-0.2, 0) is 21.4 Å². The second kappa shape index (κ2) is 12.4. The minimum absolute atomic E-state index is 0.0564. The largest absolute Gasteiger partial charge is 0.489 e. The molecule has 4 aromatic rings. The van der Waals surface area contributed by atoms with Crippen LogP contribution in [0.4, 0.5) is 5.69 Å². The fraction of sp³-hybridized carbons (Fsp3) is 0.103. The second-order valence-electron chi connectivity index (χ2n) is 8.44. The van der Waals surface area contributed by atoms with Crippen LogP contribution in [0.3, 0.4) is 0 Å². The zero-order valence-electron chi connectivity index (χ0n) is 20.6. The molecule has 7 nitrogen and oxygen atoms in total. The van der Waals surface area contributed by atoms with Crippen molar-refractivity contribution in [2.75, 3.05) is 10.8 Å². The highest BCUT2D eigenvalue weighted by atomic mass is 35.5. The van der Waals surface area contributed by atoms with Gasteiger partial charge in [0.2, 0.25) is 0 Å². The normalized spacial score (nSPS) is 11.3. The standard InChI is InChI=1S/C29H26ClN3O4S/c1-22-10-12-24(13-11-22)21-37-27-16-14-23(15-17-27)19-31-32-29(34)20-33(26-7-5-6-25(30)18-26)38(35,36)28-8-3-2-4-9-28/h2-19H,20-21H2,1H3,(H,32,34)/b31-19-. The maximum atomic E-state index is 13.3. The first-order valence-corrected chi connectivity index (χ1v) is 13.6. The van der Waals surface area contributed by atoms with E-state index in [0.717, 1.165) is 15.4 Å². The van der Waals surface area contributed by atoms with Crippen molar-refractivity contribution in [1.82, 2.24) is 5.43 Å². The number of hydrogen-bond donors (Lipinski definition) is 1. The summed E-state index contributed by atoms with van der Waals surface area (Å²) in [5, 5.41) is 4.33. The molecular weight excluding hydrogens is 522 g/mol. The van der Waals surface area contributed by atoms with Gasteiger partial charge in [0.05, 0.1) is 16.8 Å². The van der Waals surface area contributed by atoms with Gasteiger partial charge < -0.3 is 4.74 Å². The first-order chi connectivity index (χ1) is 18.3. The van der Waals surface area contributed by atoms with Gasteiger partial charge >= 0.3 is 0 Å². The van der Waals surface area contributed by atoms with Crippen molar-refractivity contribution in [3.8, 4) is 5.75 Å². The number of ether oxygens (including phenoxy) is 1. The van der Waals surface area contributed by atoms with Gasteiger partial charge in [0.1, 0.15) is 18.9 Å². The molecule has 0 aliphatic rings. The summed E-state index contributed by atoms with van der Waals surface area (Å²) in [7, 11) is -4.03. The van der Waals surface area contributed by atoms with E-state index in [4.69, 9.17) is 16.3 Å². The molecule has 0 bridgehead atoms. The Morgan fingerprint density at radius 2 is 1.66 bits per heavy atom. The number of rotatable bonds is 10. The van der Waals surface area contributed by atoms with Crippen LogP contribution in [0.1, 0.15) is 16.7 Å². The maximum Gasteiger partial charge on any atom is 0.264 e. The molecule has 0 aliphatic carbocycles. The number of sulfonamides is 1. The van der Waals surface area contributed by atoms with Gasteiger partial charge in [0.15, 0.2) is 0 Å². The molecule has 4 rings (SSSR count). The number of carbonyl (C=O) groups is 1. The van der Waals surface area contributed by atoms with E-state index < -0.39 is 22.5 Å². The van der Waals surface area contributed by atoms with Crippen LogP contribution in [0.25, 0.3) is 0 Å². The number of anilines is 1. The molecule has 0 aliphatic heterocycles. The molecule has 4 aromatic carbocycles. The third kappa shape index (κ3) is 7.21. The predicted molar refractivity (Wildman–Crippen MR) is 150 cm³/mol. The van der Waals surface area contributed by atoms with Crippen molar-refractivity contribution in [3.63, 3.8) is 0 Å². The number of nitrogens with zero attached hydrogens (tertiary/aromatic N) is 2. The van der Waals surface area contributed by atoms with Crippen molar-refractivity contribution in [1.29, 1.82) is 0 Å². The van der Waals surface area contributed by atoms with Gasteiger partial charge in [-0.2, -0.15) is 5.10 Å².